The highest BCUT2D eigenvalue weighted by molar-refractivity contribution is 5.40. The molecule has 1 aliphatic carbocycles. The van der Waals surface area contributed by atoms with Crippen molar-refractivity contribution >= 4 is 0 Å². The molecular formula is C14H21NO2. The van der Waals surface area contributed by atoms with Gasteiger partial charge in [0, 0.05) is 23.7 Å². The lowest BCUT2D eigenvalue weighted by atomic mass is 9.78. The molecule has 0 atom stereocenters. The zero-order valence-electron chi connectivity index (χ0n) is 10.9. The highest BCUT2D eigenvalue weighted by Crippen LogP contribution is 2.32. The largest absolute Gasteiger partial charge is 0.497 e. The molecule has 0 heterocycles. The van der Waals surface area contributed by atoms with Gasteiger partial charge in [-0.25, -0.2) is 0 Å². The van der Waals surface area contributed by atoms with Crippen LogP contribution in [0.2, 0.25) is 0 Å². The maximum absolute atomic E-state index is 5.38. The van der Waals surface area contributed by atoms with E-state index in [1.54, 1.807) is 14.2 Å². The van der Waals surface area contributed by atoms with Crippen LogP contribution in [0, 0.1) is 0 Å². The van der Waals surface area contributed by atoms with Crippen LogP contribution in [0.3, 0.4) is 0 Å². The van der Waals surface area contributed by atoms with Crippen LogP contribution in [0.4, 0.5) is 0 Å². The van der Waals surface area contributed by atoms with E-state index in [4.69, 9.17) is 9.47 Å². The molecule has 17 heavy (non-hydrogen) atoms. The first-order valence-corrected chi connectivity index (χ1v) is 6.13. The van der Waals surface area contributed by atoms with Crippen molar-refractivity contribution in [2.45, 2.75) is 38.3 Å². The Bertz CT molecular complexity index is 386. The number of hydrogen-bond acceptors (Lipinski definition) is 3. The molecule has 1 aliphatic rings. The van der Waals surface area contributed by atoms with Gasteiger partial charge in [0.2, 0.25) is 0 Å². The lowest BCUT2D eigenvalue weighted by molar-refractivity contribution is 0.206. The molecule has 1 saturated carbocycles. The molecular weight excluding hydrogens is 214 g/mol. The fourth-order valence-electron chi connectivity index (χ4n) is 2.19. The number of benzene rings is 1. The molecule has 1 aromatic carbocycles. The SMILES string of the molecule is COc1ccc(CNC2(C)CCC2)c(OC)c1. The van der Waals surface area contributed by atoms with Crippen LogP contribution in [0.1, 0.15) is 31.7 Å². The molecule has 1 fully saturated rings. The van der Waals surface area contributed by atoms with Gasteiger partial charge in [0.15, 0.2) is 0 Å². The van der Waals surface area contributed by atoms with Gasteiger partial charge in [-0.15, -0.1) is 0 Å². The monoisotopic (exact) mass is 235 g/mol. The van der Waals surface area contributed by atoms with Gasteiger partial charge >= 0.3 is 0 Å². The highest BCUT2D eigenvalue weighted by atomic mass is 16.5. The third-order valence-corrected chi connectivity index (χ3v) is 3.66. The van der Waals surface area contributed by atoms with E-state index in [0.717, 1.165) is 18.0 Å². The van der Waals surface area contributed by atoms with E-state index in [2.05, 4.69) is 18.3 Å². The Morgan fingerprint density at radius 3 is 2.53 bits per heavy atom. The summed E-state index contributed by atoms with van der Waals surface area (Å²) in [6.07, 6.45) is 3.88. The first-order valence-electron chi connectivity index (χ1n) is 6.13. The molecule has 0 amide bonds. The van der Waals surface area contributed by atoms with E-state index in [9.17, 15) is 0 Å². The van der Waals surface area contributed by atoms with E-state index in [-0.39, 0.29) is 0 Å². The Balaban J connectivity index is 2.04. The predicted molar refractivity (Wildman–Crippen MR) is 68.6 cm³/mol. The van der Waals surface area contributed by atoms with Gasteiger partial charge in [0.1, 0.15) is 11.5 Å². The van der Waals surface area contributed by atoms with Crippen molar-refractivity contribution in [2.75, 3.05) is 14.2 Å². The van der Waals surface area contributed by atoms with E-state index >= 15 is 0 Å². The first kappa shape index (κ1) is 12.2. The van der Waals surface area contributed by atoms with Crippen LogP contribution in [0.25, 0.3) is 0 Å². The van der Waals surface area contributed by atoms with Crippen molar-refractivity contribution in [3.8, 4) is 11.5 Å². The molecule has 0 radical (unpaired) electrons. The van der Waals surface area contributed by atoms with Gasteiger partial charge in [-0.1, -0.05) is 6.07 Å². The van der Waals surface area contributed by atoms with Gasteiger partial charge in [-0.2, -0.15) is 0 Å². The number of ether oxygens (including phenoxy) is 2. The molecule has 0 spiro atoms. The van der Waals surface area contributed by atoms with E-state index in [1.807, 2.05) is 12.1 Å². The fourth-order valence-corrected chi connectivity index (χ4v) is 2.19. The minimum Gasteiger partial charge on any atom is -0.497 e. The van der Waals surface area contributed by atoms with E-state index < -0.39 is 0 Å². The molecule has 2 rings (SSSR count). The summed E-state index contributed by atoms with van der Waals surface area (Å²) in [5, 5.41) is 3.60. The lowest BCUT2D eigenvalue weighted by Crippen LogP contribution is -2.47. The Morgan fingerprint density at radius 2 is 2.00 bits per heavy atom. The fraction of sp³-hybridized carbons (Fsp3) is 0.571. The summed E-state index contributed by atoms with van der Waals surface area (Å²) in [7, 11) is 3.37. The second-order valence-corrected chi connectivity index (χ2v) is 4.95. The van der Waals surface area contributed by atoms with Crippen LogP contribution in [0.15, 0.2) is 18.2 Å². The van der Waals surface area contributed by atoms with Gasteiger partial charge in [-0.3, -0.25) is 0 Å². The Kier molecular flexibility index (Phi) is 3.57. The summed E-state index contributed by atoms with van der Waals surface area (Å²) in [4.78, 5) is 0. The van der Waals surface area contributed by atoms with Crippen LogP contribution >= 0.6 is 0 Å². The molecule has 1 N–H and O–H groups in total. The van der Waals surface area contributed by atoms with Crippen LogP contribution in [-0.2, 0) is 6.54 Å². The highest BCUT2D eigenvalue weighted by Gasteiger charge is 2.30. The first-order chi connectivity index (χ1) is 8.17. The van der Waals surface area contributed by atoms with E-state index in [1.165, 1.54) is 24.8 Å². The predicted octanol–water partition coefficient (Wildman–Crippen LogP) is 2.74. The quantitative estimate of drug-likeness (QED) is 0.851. The van der Waals surface area contributed by atoms with Gasteiger partial charge in [0.25, 0.3) is 0 Å². The van der Waals surface area contributed by atoms with Crippen LogP contribution in [-0.4, -0.2) is 19.8 Å². The van der Waals surface area contributed by atoms with Crippen molar-refractivity contribution in [1.82, 2.24) is 5.32 Å². The molecule has 0 bridgehead atoms. The smallest absolute Gasteiger partial charge is 0.127 e. The van der Waals surface area contributed by atoms with Crippen molar-refractivity contribution in [3.63, 3.8) is 0 Å². The average Bonchev–Trinajstić information content (AvgIpc) is 2.33. The molecule has 0 saturated heterocycles. The maximum atomic E-state index is 5.38. The van der Waals surface area contributed by atoms with E-state index in [0.29, 0.717) is 5.54 Å². The summed E-state index contributed by atoms with van der Waals surface area (Å²) in [5.41, 5.74) is 1.51. The second-order valence-electron chi connectivity index (χ2n) is 4.95. The lowest BCUT2D eigenvalue weighted by Gasteiger charge is -2.39. The summed E-state index contributed by atoms with van der Waals surface area (Å²) in [5.74, 6) is 1.72. The van der Waals surface area contributed by atoms with Crippen molar-refractivity contribution < 1.29 is 9.47 Å². The zero-order valence-corrected chi connectivity index (χ0v) is 10.9. The number of methoxy groups -OCH3 is 2. The van der Waals surface area contributed by atoms with Gasteiger partial charge in [0.05, 0.1) is 14.2 Å². The minimum atomic E-state index is 0.324. The average molecular weight is 235 g/mol. The second kappa shape index (κ2) is 4.96. The summed E-state index contributed by atoms with van der Waals surface area (Å²) >= 11 is 0. The summed E-state index contributed by atoms with van der Waals surface area (Å²) in [6, 6.07) is 5.97. The normalized spacial score (nSPS) is 17.4. The molecule has 1 aromatic rings. The summed E-state index contributed by atoms with van der Waals surface area (Å²) in [6.45, 7) is 3.14. The Hall–Kier alpha value is -1.22. The van der Waals surface area contributed by atoms with Crippen molar-refractivity contribution in [1.29, 1.82) is 0 Å². The van der Waals surface area contributed by atoms with Crippen molar-refractivity contribution in [3.05, 3.63) is 23.8 Å². The number of rotatable bonds is 5. The molecule has 94 valence electrons. The third-order valence-electron chi connectivity index (χ3n) is 3.66. The van der Waals surface area contributed by atoms with Crippen LogP contribution < -0.4 is 14.8 Å². The Morgan fingerprint density at radius 1 is 1.24 bits per heavy atom. The topological polar surface area (TPSA) is 30.5 Å². The third kappa shape index (κ3) is 2.72. The number of hydrogen-bond donors (Lipinski definition) is 1. The zero-order chi connectivity index (χ0) is 12.3. The number of nitrogens with one attached hydrogen (secondary N) is 1. The van der Waals surface area contributed by atoms with Gasteiger partial charge < -0.3 is 14.8 Å². The maximum Gasteiger partial charge on any atom is 0.127 e. The molecule has 0 aromatic heterocycles. The minimum absolute atomic E-state index is 0.324. The molecule has 3 nitrogen and oxygen atoms in total. The standard InChI is InChI=1S/C14H21NO2/c1-14(7-4-8-14)15-10-11-5-6-12(16-2)9-13(11)17-3/h5-6,9,15H,4,7-8,10H2,1-3H3. The summed E-state index contributed by atoms with van der Waals surface area (Å²) < 4.78 is 10.6. The van der Waals surface area contributed by atoms with Gasteiger partial charge in [-0.05, 0) is 32.3 Å². The Labute approximate surface area is 103 Å². The molecule has 0 unspecified atom stereocenters. The van der Waals surface area contributed by atoms with Crippen molar-refractivity contribution in [2.24, 2.45) is 0 Å². The molecule has 3 heteroatoms. The van der Waals surface area contributed by atoms with Crippen LogP contribution in [0.5, 0.6) is 11.5 Å². The molecule has 0 aliphatic heterocycles.